The Kier molecular flexibility index (Phi) is 5.05. The first-order valence-electron chi connectivity index (χ1n) is 7.63. The predicted octanol–water partition coefficient (Wildman–Crippen LogP) is 2.25. The SMILES string of the molecule is COCCN(C1CC1)C1CC(C(C)C)CCC1N. The molecule has 0 spiro atoms. The zero-order chi connectivity index (χ0) is 13.1. The van der Waals surface area contributed by atoms with Gasteiger partial charge in [-0.25, -0.2) is 0 Å². The van der Waals surface area contributed by atoms with Crippen LogP contribution in [-0.4, -0.2) is 43.3 Å². The maximum atomic E-state index is 6.40. The lowest BCUT2D eigenvalue weighted by Gasteiger charge is -2.42. The lowest BCUT2D eigenvalue weighted by molar-refractivity contribution is 0.0631. The fourth-order valence-corrected chi connectivity index (χ4v) is 3.41. The van der Waals surface area contributed by atoms with Crippen LogP contribution in [0.15, 0.2) is 0 Å². The van der Waals surface area contributed by atoms with Crippen LogP contribution >= 0.6 is 0 Å². The summed E-state index contributed by atoms with van der Waals surface area (Å²) in [5, 5.41) is 0. The summed E-state index contributed by atoms with van der Waals surface area (Å²) in [6, 6.07) is 1.76. The first-order chi connectivity index (χ1) is 8.63. The van der Waals surface area contributed by atoms with Crippen molar-refractivity contribution in [3.05, 3.63) is 0 Å². The lowest BCUT2D eigenvalue weighted by atomic mass is 9.76. The van der Waals surface area contributed by atoms with Crippen molar-refractivity contribution in [1.82, 2.24) is 4.90 Å². The number of rotatable bonds is 6. The zero-order valence-electron chi connectivity index (χ0n) is 12.3. The minimum atomic E-state index is 0.373. The second kappa shape index (κ2) is 6.36. The zero-order valence-corrected chi connectivity index (χ0v) is 12.3. The van der Waals surface area contributed by atoms with Crippen LogP contribution in [0.5, 0.6) is 0 Å². The summed E-state index contributed by atoms with van der Waals surface area (Å²) in [5.41, 5.74) is 6.40. The molecule has 18 heavy (non-hydrogen) atoms. The molecule has 0 radical (unpaired) electrons. The summed E-state index contributed by atoms with van der Waals surface area (Å²) < 4.78 is 5.27. The monoisotopic (exact) mass is 254 g/mol. The summed E-state index contributed by atoms with van der Waals surface area (Å²) in [7, 11) is 1.79. The third kappa shape index (κ3) is 3.46. The summed E-state index contributed by atoms with van der Waals surface area (Å²) in [4.78, 5) is 2.66. The van der Waals surface area contributed by atoms with Crippen molar-refractivity contribution in [2.75, 3.05) is 20.3 Å². The van der Waals surface area contributed by atoms with Crippen molar-refractivity contribution in [1.29, 1.82) is 0 Å². The average Bonchev–Trinajstić information content (AvgIpc) is 3.15. The molecule has 2 rings (SSSR count). The van der Waals surface area contributed by atoms with Gasteiger partial charge in [-0.05, 0) is 43.9 Å². The molecule has 0 heterocycles. The van der Waals surface area contributed by atoms with E-state index in [1.807, 2.05) is 0 Å². The van der Waals surface area contributed by atoms with Gasteiger partial charge in [0.05, 0.1) is 6.61 Å². The van der Waals surface area contributed by atoms with Crippen molar-refractivity contribution >= 4 is 0 Å². The van der Waals surface area contributed by atoms with E-state index in [1.165, 1.54) is 32.1 Å². The molecule has 0 amide bonds. The third-order valence-electron chi connectivity index (χ3n) is 4.85. The van der Waals surface area contributed by atoms with Crippen LogP contribution in [0.25, 0.3) is 0 Å². The number of nitrogens with zero attached hydrogens (tertiary/aromatic N) is 1. The van der Waals surface area contributed by atoms with Gasteiger partial charge in [0, 0.05) is 31.8 Å². The van der Waals surface area contributed by atoms with Gasteiger partial charge in [-0.1, -0.05) is 13.8 Å². The third-order valence-corrected chi connectivity index (χ3v) is 4.85. The Balaban J connectivity index is 1.97. The van der Waals surface area contributed by atoms with E-state index >= 15 is 0 Å². The molecule has 3 heteroatoms. The molecule has 0 aromatic rings. The van der Waals surface area contributed by atoms with Crippen molar-refractivity contribution in [2.24, 2.45) is 17.6 Å². The molecule has 0 aliphatic heterocycles. The molecule has 2 aliphatic carbocycles. The highest BCUT2D eigenvalue weighted by atomic mass is 16.5. The van der Waals surface area contributed by atoms with E-state index < -0.39 is 0 Å². The van der Waals surface area contributed by atoms with E-state index in [0.29, 0.717) is 12.1 Å². The number of hydrogen-bond donors (Lipinski definition) is 1. The number of methoxy groups -OCH3 is 1. The second-order valence-corrected chi connectivity index (χ2v) is 6.51. The van der Waals surface area contributed by atoms with Crippen molar-refractivity contribution in [2.45, 2.75) is 64.1 Å². The Morgan fingerprint density at radius 3 is 2.50 bits per heavy atom. The average molecular weight is 254 g/mol. The molecular weight excluding hydrogens is 224 g/mol. The van der Waals surface area contributed by atoms with E-state index in [1.54, 1.807) is 7.11 Å². The number of ether oxygens (including phenoxy) is 1. The van der Waals surface area contributed by atoms with Gasteiger partial charge in [-0.3, -0.25) is 4.90 Å². The van der Waals surface area contributed by atoms with Crippen LogP contribution in [0.1, 0.15) is 46.0 Å². The predicted molar refractivity (Wildman–Crippen MR) is 75.5 cm³/mol. The van der Waals surface area contributed by atoms with Gasteiger partial charge in [-0.15, -0.1) is 0 Å². The molecule has 3 atom stereocenters. The Hall–Kier alpha value is -0.120. The normalized spacial score (nSPS) is 33.3. The van der Waals surface area contributed by atoms with Crippen LogP contribution in [0.2, 0.25) is 0 Å². The molecular formula is C15H30N2O. The van der Waals surface area contributed by atoms with E-state index in [9.17, 15) is 0 Å². The van der Waals surface area contributed by atoms with Crippen LogP contribution in [0.4, 0.5) is 0 Å². The van der Waals surface area contributed by atoms with Crippen LogP contribution in [0, 0.1) is 11.8 Å². The molecule has 3 unspecified atom stereocenters. The summed E-state index contributed by atoms with van der Waals surface area (Å²) in [6.07, 6.45) is 6.53. The van der Waals surface area contributed by atoms with Gasteiger partial charge in [0.25, 0.3) is 0 Å². The van der Waals surface area contributed by atoms with Crippen molar-refractivity contribution in [3.8, 4) is 0 Å². The van der Waals surface area contributed by atoms with Crippen molar-refractivity contribution < 1.29 is 4.74 Å². The van der Waals surface area contributed by atoms with E-state index in [-0.39, 0.29) is 0 Å². The van der Waals surface area contributed by atoms with Gasteiger partial charge >= 0.3 is 0 Å². The Labute approximate surface area is 112 Å². The van der Waals surface area contributed by atoms with Crippen LogP contribution < -0.4 is 5.73 Å². The maximum absolute atomic E-state index is 6.40. The molecule has 0 aromatic carbocycles. The summed E-state index contributed by atoms with van der Waals surface area (Å²) in [6.45, 7) is 6.61. The fourth-order valence-electron chi connectivity index (χ4n) is 3.41. The van der Waals surface area contributed by atoms with Crippen molar-refractivity contribution in [3.63, 3.8) is 0 Å². The van der Waals surface area contributed by atoms with Crippen LogP contribution in [0.3, 0.4) is 0 Å². The first-order valence-corrected chi connectivity index (χ1v) is 7.63. The van der Waals surface area contributed by atoms with Gasteiger partial charge in [0.15, 0.2) is 0 Å². The lowest BCUT2D eigenvalue weighted by Crippen LogP contribution is -2.53. The fraction of sp³-hybridized carbons (Fsp3) is 1.00. The molecule has 2 aliphatic rings. The first kappa shape index (κ1) is 14.3. The molecule has 0 aromatic heterocycles. The number of hydrogen-bond acceptors (Lipinski definition) is 3. The van der Waals surface area contributed by atoms with Gasteiger partial charge in [-0.2, -0.15) is 0 Å². The van der Waals surface area contributed by atoms with Gasteiger partial charge in [0.1, 0.15) is 0 Å². The smallest absolute Gasteiger partial charge is 0.0589 e. The Bertz CT molecular complexity index is 253. The maximum Gasteiger partial charge on any atom is 0.0589 e. The minimum Gasteiger partial charge on any atom is -0.383 e. The van der Waals surface area contributed by atoms with Gasteiger partial charge in [0.2, 0.25) is 0 Å². The highest BCUT2D eigenvalue weighted by molar-refractivity contribution is 4.96. The molecule has 0 saturated heterocycles. The highest BCUT2D eigenvalue weighted by Crippen LogP contribution is 2.37. The Morgan fingerprint density at radius 2 is 1.94 bits per heavy atom. The molecule has 3 nitrogen and oxygen atoms in total. The molecule has 2 N–H and O–H groups in total. The molecule has 2 fully saturated rings. The summed E-state index contributed by atoms with van der Waals surface area (Å²) in [5.74, 6) is 1.65. The van der Waals surface area contributed by atoms with E-state index in [0.717, 1.165) is 31.0 Å². The topological polar surface area (TPSA) is 38.5 Å². The second-order valence-electron chi connectivity index (χ2n) is 6.51. The largest absolute Gasteiger partial charge is 0.383 e. The van der Waals surface area contributed by atoms with Gasteiger partial charge < -0.3 is 10.5 Å². The summed E-state index contributed by atoms with van der Waals surface area (Å²) >= 11 is 0. The molecule has 106 valence electrons. The quantitative estimate of drug-likeness (QED) is 0.790. The van der Waals surface area contributed by atoms with E-state index in [4.69, 9.17) is 10.5 Å². The minimum absolute atomic E-state index is 0.373. The highest BCUT2D eigenvalue weighted by Gasteiger charge is 2.39. The molecule has 2 saturated carbocycles. The molecule has 0 bridgehead atoms. The van der Waals surface area contributed by atoms with E-state index in [2.05, 4.69) is 18.7 Å². The number of nitrogens with two attached hydrogens (primary N) is 1. The van der Waals surface area contributed by atoms with Crippen LogP contribution in [-0.2, 0) is 4.74 Å². The Morgan fingerprint density at radius 1 is 1.22 bits per heavy atom. The standard InChI is InChI=1S/C15H30N2O/c1-11(2)12-4-7-14(16)15(10-12)17(8-9-18-3)13-5-6-13/h11-15H,4-10,16H2,1-3H3.